The lowest BCUT2D eigenvalue weighted by atomic mass is 9.86. The van der Waals surface area contributed by atoms with Crippen LogP contribution in [-0.2, 0) is 14.8 Å². The van der Waals surface area contributed by atoms with Gasteiger partial charge in [-0.15, -0.1) is 0 Å². The van der Waals surface area contributed by atoms with E-state index < -0.39 is 14.8 Å². The molecule has 1 amide bonds. The fraction of sp³-hybridized carbons (Fsp3) is 0.741. The van der Waals surface area contributed by atoms with Crippen molar-refractivity contribution in [1.82, 2.24) is 9.62 Å². The summed E-state index contributed by atoms with van der Waals surface area (Å²) in [5, 5.41) is 3.08. The quantitative estimate of drug-likeness (QED) is 0.602. The lowest BCUT2D eigenvalue weighted by molar-refractivity contribution is -0.120. The lowest BCUT2D eigenvalue weighted by Crippen LogP contribution is -2.46. The predicted molar refractivity (Wildman–Crippen MR) is 143 cm³/mol. The average molecular weight is 505 g/mol. The number of likely N-dealkylation sites (tertiary alicyclic amines) is 1. The average Bonchev–Trinajstić information content (AvgIpc) is 2.85. The first-order valence-electron chi connectivity index (χ1n) is 13.5. The van der Waals surface area contributed by atoms with Crippen molar-refractivity contribution in [3.8, 4) is 0 Å². The highest BCUT2D eigenvalue weighted by Crippen LogP contribution is 2.29. The molecule has 1 saturated carbocycles. The summed E-state index contributed by atoms with van der Waals surface area (Å²) < 4.78 is 26.8. The molecule has 35 heavy (non-hydrogen) atoms. The summed E-state index contributed by atoms with van der Waals surface area (Å²) in [7, 11) is -3.36. The molecule has 3 aliphatic rings. The highest BCUT2D eigenvalue weighted by Gasteiger charge is 2.34. The van der Waals surface area contributed by atoms with Gasteiger partial charge in [0.15, 0.2) is 0 Å². The molecule has 0 spiro atoms. The fourth-order valence-electron chi connectivity index (χ4n) is 5.64. The highest BCUT2D eigenvalue weighted by molar-refractivity contribution is 7.90. The Balaban J connectivity index is 1.22. The van der Waals surface area contributed by atoms with Gasteiger partial charge in [-0.05, 0) is 109 Å². The second kappa shape index (κ2) is 11.2. The number of rotatable bonds is 6. The molecular weight excluding hydrogens is 460 g/mol. The van der Waals surface area contributed by atoms with E-state index in [2.05, 4.69) is 32.0 Å². The third kappa shape index (κ3) is 6.77. The molecule has 0 atom stereocenters. The number of nitrogens with zero attached hydrogens (tertiary/aromatic N) is 2. The minimum absolute atomic E-state index is 0.0391. The maximum Gasteiger partial charge on any atom is 0.227 e. The van der Waals surface area contributed by atoms with E-state index in [0.717, 1.165) is 24.8 Å². The Morgan fingerprint density at radius 1 is 0.857 bits per heavy atom. The molecule has 3 fully saturated rings. The van der Waals surface area contributed by atoms with Crippen LogP contribution >= 0.6 is 0 Å². The van der Waals surface area contributed by atoms with Crippen LogP contribution in [0.25, 0.3) is 0 Å². The molecule has 2 heterocycles. The minimum Gasteiger partial charge on any atom is -0.371 e. The van der Waals surface area contributed by atoms with Crippen LogP contribution in [0.4, 0.5) is 11.4 Å². The van der Waals surface area contributed by atoms with Crippen molar-refractivity contribution >= 4 is 27.3 Å². The van der Waals surface area contributed by atoms with E-state index in [1.54, 1.807) is 20.8 Å². The minimum atomic E-state index is -3.36. The highest BCUT2D eigenvalue weighted by atomic mass is 32.2. The Kier molecular flexibility index (Phi) is 8.44. The predicted octanol–water partition coefficient (Wildman–Crippen LogP) is 4.36. The smallest absolute Gasteiger partial charge is 0.227 e. The van der Waals surface area contributed by atoms with E-state index in [0.29, 0.717) is 25.7 Å². The summed E-state index contributed by atoms with van der Waals surface area (Å²) in [5.41, 5.74) is 2.06. The van der Waals surface area contributed by atoms with Gasteiger partial charge in [0.2, 0.25) is 15.9 Å². The monoisotopic (exact) mass is 504 g/mol. The van der Waals surface area contributed by atoms with Crippen molar-refractivity contribution < 1.29 is 13.2 Å². The summed E-state index contributed by atoms with van der Waals surface area (Å²) in [6.45, 7) is 9.84. The maximum atomic E-state index is 12.8. The largest absolute Gasteiger partial charge is 0.371 e. The van der Waals surface area contributed by atoms with E-state index in [9.17, 15) is 13.2 Å². The van der Waals surface area contributed by atoms with E-state index in [-0.39, 0.29) is 17.9 Å². The van der Waals surface area contributed by atoms with Gasteiger partial charge in [0.25, 0.3) is 0 Å². The van der Waals surface area contributed by atoms with E-state index in [1.807, 2.05) is 12.1 Å². The Bertz CT molecular complexity index is 936. The Morgan fingerprint density at radius 3 is 2.03 bits per heavy atom. The molecular formula is C27H44N4O3S. The summed E-state index contributed by atoms with van der Waals surface area (Å²) in [6, 6.07) is 8.91. The molecule has 4 rings (SSSR count). The number of sulfonamides is 1. The maximum absolute atomic E-state index is 12.8. The third-order valence-electron chi connectivity index (χ3n) is 8.10. The number of hydrogen-bond acceptors (Lipinski definition) is 5. The zero-order valence-electron chi connectivity index (χ0n) is 21.8. The Morgan fingerprint density at radius 2 is 1.46 bits per heavy atom. The normalized spacial score (nSPS) is 25.4. The molecule has 7 nitrogen and oxygen atoms in total. The molecule has 0 bridgehead atoms. The number of amides is 1. The third-order valence-corrected chi connectivity index (χ3v) is 10.4. The SMILES string of the molecule is CC(C)(C)S(=O)(=O)N[C@H]1CC[C@H](C(=O)Nc2ccc(N3CCC(N4CCCCC4)CC3)cc2)CC1. The Labute approximate surface area is 212 Å². The number of benzene rings is 1. The van der Waals surface area contributed by atoms with Gasteiger partial charge in [0.1, 0.15) is 0 Å². The molecule has 1 aromatic carbocycles. The molecule has 2 aliphatic heterocycles. The van der Waals surface area contributed by atoms with Gasteiger partial charge in [-0.1, -0.05) is 6.42 Å². The summed E-state index contributed by atoms with van der Waals surface area (Å²) in [5.74, 6) is -0.0314. The number of hydrogen-bond donors (Lipinski definition) is 2. The van der Waals surface area contributed by atoms with Crippen LogP contribution in [0.3, 0.4) is 0 Å². The topological polar surface area (TPSA) is 81.7 Å². The van der Waals surface area contributed by atoms with Crippen LogP contribution in [0.15, 0.2) is 24.3 Å². The second-order valence-electron chi connectivity index (χ2n) is 11.6. The fourth-order valence-corrected chi connectivity index (χ4v) is 6.67. The van der Waals surface area contributed by atoms with Crippen molar-refractivity contribution in [2.24, 2.45) is 5.92 Å². The molecule has 0 aromatic heterocycles. The molecule has 1 aromatic rings. The number of carbonyl (C=O) groups is 1. The van der Waals surface area contributed by atoms with E-state index in [4.69, 9.17) is 0 Å². The zero-order chi connectivity index (χ0) is 25.1. The standard InChI is InChI=1S/C27H44N4O3S/c1-27(2,3)35(33,34)29-23-9-7-21(8-10-23)26(32)28-22-11-13-24(14-12-22)31-19-15-25(16-20-31)30-17-5-4-6-18-30/h11-14,21,23,25,29H,4-10,15-20H2,1-3H3,(H,28,32)/t21-,23-. The van der Waals surface area contributed by atoms with Crippen molar-refractivity contribution in [2.45, 2.75) is 95.4 Å². The van der Waals surface area contributed by atoms with Gasteiger partial charge in [0, 0.05) is 42.5 Å². The van der Waals surface area contributed by atoms with Gasteiger partial charge in [-0.3, -0.25) is 4.79 Å². The van der Waals surface area contributed by atoms with Gasteiger partial charge >= 0.3 is 0 Å². The van der Waals surface area contributed by atoms with Crippen molar-refractivity contribution in [3.63, 3.8) is 0 Å². The number of piperidine rings is 2. The summed E-state index contributed by atoms with van der Waals surface area (Å²) in [6.07, 6.45) is 9.34. The number of anilines is 2. The van der Waals surface area contributed by atoms with Crippen LogP contribution in [0.5, 0.6) is 0 Å². The first kappa shape index (κ1) is 26.4. The number of nitrogens with one attached hydrogen (secondary N) is 2. The molecule has 196 valence electrons. The first-order valence-corrected chi connectivity index (χ1v) is 15.0. The van der Waals surface area contributed by atoms with Crippen LogP contribution in [0.1, 0.15) is 78.6 Å². The van der Waals surface area contributed by atoms with E-state index >= 15 is 0 Å². The molecule has 8 heteroatoms. The van der Waals surface area contributed by atoms with Crippen LogP contribution in [0.2, 0.25) is 0 Å². The van der Waals surface area contributed by atoms with Gasteiger partial charge < -0.3 is 15.1 Å². The zero-order valence-corrected chi connectivity index (χ0v) is 22.6. The van der Waals surface area contributed by atoms with E-state index in [1.165, 1.54) is 50.9 Å². The Hall–Kier alpha value is -1.64. The van der Waals surface area contributed by atoms with Crippen LogP contribution in [0, 0.1) is 5.92 Å². The molecule has 0 unspecified atom stereocenters. The van der Waals surface area contributed by atoms with Crippen LogP contribution < -0.4 is 14.9 Å². The molecule has 2 saturated heterocycles. The molecule has 2 N–H and O–H groups in total. The van der Waals surface area contributed by atoms with Crippen LogP contribution in [-0.4, -0.2) is 62.2 Å². The first-order chi connectivity index (χ1) is 16.6. The van der Waals surface area contributed by atoms with Crippen molar-refractivity contribution in [1.29, 1.82) is 0 Å². The lowest BCUT2D eigenvalue weighted by Gasteiger charge is -2.41. The van der Waals surface area contributed by atoms with Gasteiger partial charge in [0.05, 0.1) is 4.75 Å². The van der Waals surface area contributed by atoms with Gasteiger partial charge in [-0.2, -0.15) is 0 Å². The number of carbonyl (C=O) groups excluding carboxylic acids is 1. The summed E-state index contributed by atoms with van der Waals surface area (Å²) in [4.78, 5) is 18.0. The van der Waals surface area contributed by atoms with Crippen molar-refractivity contribution in [2.75, 3.05) is 36.4 Å². The van der Waals surface area contributed by atoms with Gasteiger partial charge in [-0.25, -0.2) is 13.1 Å². The second-order valence-corrected chi connectivity index (χ2v) is 14.1. The molecule has 1 aliphatic carbocycles. The molecule has 0 radical (unpaired) electrons. The van der Waals surface area contributed by atoms with Crippen molar-refractivity contribution in [3.05, 3.63) is 24.3 Å². The summed E-state index contributed by atoms with van der Waals surface area (Å²) >= 11 is 0.